The van der Waals surface area contributed by atoms with Gasteiger partial charge in [-0.3, -0.25) is 14.9 Å². The van der Waals surface area contributed by atoms with Crippen molar-refractivity contribution in [1.82, 2.24) is 20.6 Å². The number of hydrogen-bond acceptors (Lipinski definition) is 7. The molecule has 0 aliphatic heterocycles. The smallest absolute Gasteiger partial charge is 0.326 e. The molecule has 118 valence electrons. The summed E-state index contributed by atoms with van der Waals surface area (Å²) < 4.78 is 4.75. The van der Waals surface area contributed by atoms with E-state index in [-0.39, 0.29) is 13.1 Å². The van der Waals surface area contributed by atoms with Crippen LogP contribution in [0.25, 0.3) is 0 Å². The topological polar surface area (TPSA) is 114 Å². The molecule has 9 heteroatoms. The molecule has 0 aliphatic rings. The second-order valence-corrected chi connectivity index (χ2v) is 4.11. The Bertz CT molecular complexity index is 534. The molecule has 1 aromatic rings. The lowest BCUT2D eigenvalue weighted by molar-refractivity contribution is -0.146. The fourth-order valence-electron chi connectivity index (χ4n) is 1.32. The van der Waals surface area contributed by atoms with Crippen LogP contribution in [0.2, 0.25) is 0 Å². The van der Waals surface area contributed by atoms with Crippen molar-refractivity contribution in [2.75, 3.05) is 31.6 Å². The van der Waals surface area contributed by atoms with Gasteiger partial charge < -0.3 is 15.0 Å². The number of ether oxygens (including phenoxy) is 1. The quantitative estimate of drug-likeness (QED) is 0.514. The van der Waals surface area contributed by atoms with Crippen LogP contribution in [0.4, 0.5) is 10.7 Å². The van der Waals surface area contributed by atoms with Gasteiger partial charge in [-0.15, -0.1) is 6.58 Å². The van der Waals surface area contributed by atoms with E-state index < -0.39 is 24.5 Å². The Morgan fingerprint density at radius 3 is 2.68 bits per heavy atom. The summed E-state index contributed by atoms with van der Waals surface area (Å²) in [4.78, 5) is 43.5. The van der Waals surface area contributed by atoms with E-state index in [0.29, 0.717) is 5.95 Å². The van der Waals surface area contributed by atoms with Gasteiger partial charge in [0, 0.05) is 26.0 Å². The number of nitrogens with one attached hydrogen (secondary N) is 2. The lowest BCUT2D eigenvalue weighted by Crippen LogP contribution is -2.41. The molecule has 2 N–H and O–H groups in total. The average molecular weight is 307 g/mol. The summed E-state index contributed by atoms with van der Waals surface area (Å²) in [6, 6.07) is 0.966. The fraction of sp³-hybridized carbons (Fsp3) is 0.308. The normalized spacial score (nSPS) is 9.50. The average Bonchev–Trinajstić information content (AvgIpc) is 2.51. The molecule has 1 heterocycles. The zero-order chi connectivity index (χ0) is 16.4. The molecule has 0 bridgehead atoms. The molecular formula is C13H17N5O4. The van der Waals surface area contributed by atoms with Crippen molar-refractivity contribution in [3.63, 3.8) is 0 Å². The summed E-state index contributed by atoms with van der Waals surface area (Å²) in [6.07, 6.45) is 4.55. The molecule has 0 saturated heterocycles. The van der Waals surface area contributed by atoms with Crippen LogP contribution in [0.15, 0.2) is 31.1 Å². The molecule has 0 fully saturated rings. The first kappa shape index (κ1) is 17.1. The van der Waals surface area contributed by atoms with Crippen LogP contribution in [0, 0.1) is 0 Å². The first-order valence-electron chi connectivity index (χ1n) is 6.35. The summed E-state index contributed by atoms with van der Waals surface area (Å²) in [5.74, 6) is -1.02. The minimum atomic E-state index is -0.728. The van der Waals surface area contributed by atoms with E-state index >= 15 is 0 Å². The van der Waals surface area contributed by atoms with Crippen molar-refractivity contribution in [3.05, 3.63) is 31.1 Å². The highest BCUT2D eigenvalue weighted by atomic mass is 16.5. The lowest BCUT2D eigenvalue weighted by Gasteiger charge is -2.15. The Balaban J connectivity index is 2.29. The summed E-state index contributed by atoms with van der Waals surface area (Å²) in [5.41, 5.74) is 0. The van der Waals surface area contributed by atoms with Crippen molar-refractivity contribution >= 4 is 23.9 Å². The maximum absolute atomic E-state index is 11.6. The van der Waals surface area contributed by atoms with Gasteiger partial charge in [-0.25, -0.2) is 14.8 Å². The summed E-state index contributed by atoms with van der Waals surface area (Å²) >= 11 is 0. The van der Waals surface area contributed by atoms with Gasteiger partial charge in [0.25, 0.3) is 5.91 Å². The number of hydrogen-bond donors (Lipinski definition) is 2. The number of aromatic nitrogens is 2. The number of rotatable bonds is 7. The SMILES string of the molecule is C=CCNC(=O)NC(=O)COC(=O)CN(C)c1ncccn1. The third-order valence-electron chi connectivity index (χ3n) is 2.28. The molecule has 0 unspecified atom stereocenters. The van der Waals surface area contributed by atoms with Gasteiger partial charge in [0.15, 0.2) is 6.61 Å². The zero-order valence-electron chi connectivity index (χ0n) is 12.1. The van der Waals surface area contributed by atoms with Crippen LogP contribution in [0.5, 0.6) is 0 Å². The van der Waals surface area contributed by atoms with E-state index in [4.69, 9.17) is 4.74 Å². The molecule has 22 heavy (non-hydrogen) atoms. The van der Waals surface area contributed by atoms with Crippen molar-refractivity contribution in [3.8, 4) is 0 Å². The zero-order valence-corrected chi connectivity index (χ0v) is 12.1. The summed E-state index contributed by atoms with van der Waals surface area (Å²) in [6.45, 7) is 2.96. The Kier molecular flexibility index (Phi) is 7.03. The molecular weight excluding hydrogens is 290 g/mol. The van der Waals surface area contributed by atoms with Gasteiger partial charge in [-0.05, 0) is 6.07 Å². The molecule has 0 aliphatic carbocycles. The summed E-state index contributed by atoms with van der Waals surface area (Å²) in [7, 11) is 1.61. The van der Waals surface area contributed by atoms with Crippen molar-refractivity contribution in [2.45, 2.75) is 0 Å². The van der Waals surface area contributed by atoms with Crippen molar-refractivity contribution in [2.24, 2.45) is 0 Å². The monoisotopic (exact) mass is 307 g/mol. The maximum Gasteiger partial charge on any atom is 0.326 e. The van der Waals surface area contributed by atoms with Gasteiger partial charge in [-0.2, -0.15) is 0 Å². The number of esters is 1. The predicted molar refractivity (Wildman–Crippen MR) is 78.0 cm³/mol. The van der Waals surface area contributed by atoms with E-state index in [0.717, 1.165) is 0 Å². The molecule has 1 rings (SSSR count). The Morgan fingerprint density at radius 1 is 1.36 bits per heavy atom. The van der Waals surface area contributed by atoms with E-state index in [1.165, 1.54) is 11.0 Å². The number of imide groups is 1. The number of amides is 3. The van der Waals surface area contributed by atoms with E-state index in [1.807, 2.05) is 5.32 Å². The minimum absolute atomic E-state index is 0.125. The van der Waals surface area contributed by atoms with Crippen LogP contribution in [0.1, 0.15) is 0 Å². The third kappa shape index (κ3) is 6.46. The molecule has 0 saturated carbocycles. The van der Waals surface area contributed by atoms with Gasteiger partial charge in [0.2, 0.25) is 5.95 Å². The number of carbonyl (C=O) groups is 3. The van der Waals surface area contributed by atoms with E-state index in [9.17, 15) is 14.4 Å². The third-order valence-corrected chi connectivity index (χ3v) is 2.28. The van der Waals surface area contributed by atoms with Crippen LogP contribution >= 0.6 is 0 Å². The number of carbonyl (C=O) groups excluding carboxylic acids is 3. The number of urea groups is 1. The first-order chi connectivity index (χ1) is 10.5. The largest absolute Gasteiger partial charge is 0.454 e. The van der Waals surface area contributed by atoms with Gasteiger partial charge >= 0.3 is 12.0 Å². The predicted octanol–water partition coefficient (Wildman–Crippen LogP) is -0.532. The molecule has 0 atom stereocenters. The highest BCUT2D eigenvalue weighted by molar-refractivity contribution is 5.95. The molecule has 0 radical (unpaired) electrons. The maximum atomic E-state index is 11.6. The minimum Gasteiger partial charge on any atom is -0.454 e. The highest BCUT2D eigenvalue weighted by Crippen LogP contribution is 2.01. The number of nitrogens with zero attached hydrogens (tertiary/aromatic N) is 3. The van der Waals surface area contributed by atoms with Crippen LogP contribution in [-0.4, -0.2) is 54.6 Å². The van der Waals surface area contributed by atoms with E-state index in [1.54, 1.807) is 25.5 Å². The second kappa shape index (κ2) is 9.06. The van der Waals surface area contributed by atoms with Crippen LogP contribution in [-0.2, 0) is 14.3 Å². The Morgan fingerprint density at radius 2 is 2.05 bits per heavy atom. The highest BCUT2D eigenvalue weighted by Gasteiger charge is 2.13. The van der Waals surface area contributed by atoms with Gasteiger partial charge in [-0.1, -0.05) is 6.08 Å². The molecule has 1 aromatic heterocycles. The Hall–Kier alpha value is -2.97. The van der Waals surface area contributed by atoms with Crippen molar-refractivity contribution < 1.29 is 19.1 Å². The summed E-state index contributed by atoms with van der Waals surface area (Å²) in [5, 5.41) is 4.35. The van der Waals surface area contributed by atoms with Crippen LogP contribution in [0.3, 0.4) is 0 Å². The van der Waals surface area contributed by atoms with E-state index in [2.05, 4.69) is 21.9 Å². The Labute approximate surface area is 127 Å². The van der Waals surface area contributed by atoms with Gasteiger partial charge in [0.05, 0.1) is 0 Å². The molecule has 3 amide bonds. The molecule has 0 spiro atoms. The second-order valence-electron chi connectivity index (χ2n) is 4.11. The number of likely N-dealkylation sites (N-methyl/N-ethyl adjacent to an activating group) is 1. The lowest BCUT2D eigenvalue weighted by atomic mass is 10.5. The number of anilines is 1. The molecule has 0 aromatic carbocycles. The molecule has 9 nitrogen and oxygen atoms in total. The van der Waals surface area contributed by atoms with Crippen LogP contribution < -0.4 is 15.5 Å². The first-order valence-corrected chi connectivity index (χ1v) is 6.35. The standard InChI is InChI=1S/C13H17N5O4/c1-3-5-16-13(21)17-10(19)9-22-11(20)8-18(2)12-14-6-4-7-15-12/h3-4,6-7H,1,5,8-9H2,2H3,(H2,16,17,19,21). The van der Waals surface area contributed by atoms with Crippen molar-refractivity contribution in [1.29, 1.82) is 0 Å². The fourth-order valence-corrected chi connectivity index (χ4v) is 1.32. The van der Waals surface area contributed by atoms with Gasteiger partial charge in [0.1, 0.15) is 6.54 Å².